The van der Waals surface area contributed by atoms with Crippen molar-refractivity contribution in [2.45, 2.75) is 0 Å². The Morgan fingerprint density at radius 2 is 2.04 bits per heavy atom. The van der Waals surface area contributed by atoms with E-state index in [0.717, 1.165) is 0 Å². The zero-order valence-electron chi connectivity index (χ0n) is 14.4. The number of nitriles is 1. The zero-order valence-corrected chi connectivity index (χ0v) is 15.1. The monoisotopic (exact) mass is 378 g/mol. The van der Waals surface area contributed by atoms with Crippen molar-refractivity contribution in [1.82, 2.24) is 4.98 Å². The molecule has 27 heavy (non-hydrogen) atoms. The quantitative estimate of drug-likeness (QED) is 0.676. The number of halogens is 1. The standard InChI is InChI=1S/C20H15ClN4O2/c1-27-18-7-6-15(21)10-17(18)25-19-8-5-14(12-23-19)20(26)24-16-4-2-3-13(9-16)11-22/h2-10,12H,1H3,(H,23,25)(H,24,26). The summed E-state index contributed by atoms with van der Waals surface area (Å²) in [7, 11) is 1.57. The van der Waals surface area contributed by atoms with Crippen LogP contribution in [0.25, 0.3) is 0 Å². The summed E-state index contributed by atoms with van der Waals surface area (Å²) in [5, 5.41) is 15.3. The molecule has 3 aromatic rings. The number of methoxy groups -OCH3 is 1. The molecule has 7 heteroatoms. The van der Waals surface area contributed by atoms with Crippen LogP contribution >= 0.6 is 11.6 Å². The molecule has 0 aliphatic carbocycles. The number of aromatic nitrogens is 1. The molecule has 134 valence electrons. The second kappa shape index (κ2) is 8.21. The number of rotatable bonds is 5. The second-order valence-electron chi connectivity index (χ2n) is 5.55. The van der Waals surface area contributed by atoms with Gasteiger partial charge in [-0.2, -0.15) is 5.26 Å². The van der Waals surface area contributed by atoms with Crippen LogP contribution in [0.5, 0.6) is 5.75 Å². The molecule has 0 aliphatic rings. The van der Waals surface area contributed by atoms with Crippen LogP contribution in [0.4, 0.5) is 17.2 Å². The molecule has 2 N–H and O–H groups in total. The third kappa shape index (κ3) is 4.54. The molecule has 1 heterocycles. The van der Waals surface area contributed by atoms with Crippen molar-refractivity contribution >= 4 is 34.7 Å². The van der Waals surface area contributed by atoms with Crippen LogP contribution in [0, 0.1) is 11.3 Å². The minimum Gasteiger partial charge on any atom is -0.495 e. The summed E-state index contributed by atoms with van der Waals surface area (Å²) < 4.78 is 5.28. The van der Waals surface area contributed by atoms with Gasteiger partial charge in [0.2, 0.25) is 0 Å². The van der Waals surface area contributed by atoms with Gasteiger partial charge in [0.15, 0.2) is 0 Å². The van der Waals surface area contributed by atoms with Crippen LogP contribution in [0.3, 0.4) is 0 Å². The number of benzene rings is 2. The molecular formula is C20H15ClN4O2. The smallest absolute Gasteiger partial charge is 0.257 e. The minimum atomic E-state index is -0.315. The van der Waals surface area contributed by atoms with E-state index in [2.05, 4.69) is 15.6 Å². The summed E-state index contributed by atoms with van der Waals surface area (Å²) in [6, 6.07) is 17.3. The summed E-state index contributed by atoms with van der Waals surface area (Å²) in [5.41, 5.74) is 2.08. The molecule has 0 saturated heterocycles. The van der Waals surface area contributed by atoms with E-state index in [-0.39, 0.29) is 5.91 Å². The van der Waals surface area contributed by atoms with Crippen molar-refractivity contribution < 1.29 is 9.53 Å². The number of pyridine rings is 1. The Morgan fingerprint density at radius 1 is 1.19 bits per heavy atom. The zero-order chi connectivity index (χ0) is 19.2. The van der Waals surface area contributed by atoms with Crippen LogP contribution in [0.2, 0.25) is 5.02 Å². The molecule has 0 fully saturated rings. The summed E-state index contributed by atoms with van der Waals surface area (Å²) in [6.45, 7) is 0. The predicted octanol–water partition coefficient (Wildman–Crippen LogP) is 4.61. The van der Waals surface area contributed by atoms with Crippen molar-refractivity contribution in [3.63, 3.8) is 0 Å². The molecule has 6 nitrogen and oxygen atoms in total. The molecule has 1 amide bonds. The van der Waals surface area contributed by atoms with Gasteiger partial charge >= 0.3 is 0 Å². The van der Waals surface area contributed by atoms with E-state index in [1.807, 2.05) is 6.07 Å². The average molecular weight is 379 g/mol. The SMILES string of the molecule is COc1ccc(Cl)cc1Nc1ccc(C(=O)Nc2cccc(C#N)c2)cn1. The fourth-order valence-corrected chi connectivity index (χ4v) is 2.56. The molecular weight excluding hydrogens is 364 g/mol. The highest BCUT2D eigenvalue weighted by atomic mass is 35.5. The molecule has 3 rings (SSSR count). The minimum absolute atomic E-state index is 0.315. The normalized spacial score (nSPS) is 9.96. The number of ether oxygens (including phenoxy) is 1. The van der Waals surface area contributed by atoms with Gasteiger partial charge in [0.05, 0.1) is 30.0 Å². The van der Waals surface area contributed by atoms with E-state index >= 15 is 0 Å². The van der Waals surface area contributed by atoms with E-state index < -0.39 is 0 Å². The highest BCUT2D eigenvalue weighted by Crippen LogP contribution is 2.29. The number of amides is 1. The van der Waals surface area contributed by atoms with Gasteiger partial charge in [0.25, 0.3) is 5.91 Å². The Hall–Kier alpha value is -3.56. The van der Waals surface area contributed by atoms with E-state index in [4.69, 9.17) is 21.6 Å². The van der Waals surface area contributed by atoms with Crippen molar-refractivity contribution in [3.8, 4) is 11.8 Å². The molecule has 0 spiro atoms. The Balaban J connectivity index is 1.72. The largest absolute Gasteiger partial charge is 0.495 e. The number of carbonyl (C=O) groups is 1. The van der Waals surface area contributed by atoms with Gasteiger partial charge in [0.1, 0.15) is 11.6 Å². The van der Waals surface area contributed by atoms with Crippen LogP contribution in [-0.4, -0.2) is 18.0 Å². The van der Waals surface area contributed by atoms with Gasteiger partial charge in [-0.3, -0.25) is 4.79 Å². The number of anilines is 3. The number of hydrogen-bond donors (Lipinski definition) is 2. The lowest BCUT2D eigenvalue weighted by atomic mass is 10.2. The number of nitrogens with one attached hydrogen (secondary N) is 2. The maximum Gasteiger partial charge on any atom is 0.257 e. The van der Waals surface area contributed by atoms with Gasteiger partial charge in [-0.25, -0.2) is 4.98 Å². The molecule has 0 unspecified atom stereocenters. The Labute approximate surface area is 161 Å². The summed E-state index contributed by atoms with van der Waals surface area (Å²) >= 11 is 6.02. The summed E-state index contributed by atoms with van der Waals surface area (Å²) in [6.07, 6.45) is 1.46. The van der Waals surface area contributed by atoms with Gasteiger partial charge < -0.3 is 15.4 Å². The topological polar surface area (TPSA) is 87.0 Å². The first-order valence-electron chi connectivity index (χ1n) is 7.97. The van der Waals surface area contributed by atoms with Gasteiger partial charge in [-0.05, 0) is 48.5 Å². The van der Waals surface area contributed by atoms with Crippen LogP contribution < -0.4 is 15.4 Å². The Bertz CT molecular complexity index is 1010. The fraction of sp³-hybridized carbons (Fsp3) is 0.0500. The highest BCUT2D eigenvalue weighted by Gasteiger charge is 2.09. The van der Waals surface area contributed by atoms with Gasteiger partial charge in [-0.15, -0.1) is 0 Å². The molecule has 0 saturated carbocycles. The average Bonchev–Trinajstić information content (AvgIpc) is 2.69. The molecule has 1 aromatic heterocycles. The molecule has 0 radical (unpaired) electrons. The van der Waals surface area contributed by atoms with Crippen LogP contribution in [0.1, 0.15) is 15.9 Å². The lowest BCUT2D eigenvalue weighted by Crippen LogP contribution is -2.12. The van der Waals surface area contributed by atoms with E-state index in [1.165, 1.54) is 6.20 Å². The lowest BCUT2D eigenvalue weighted by Gasteiger charge is -2.11. The second-order valence-corrected chi connectivity index (χ2v) is 5.98. The van der Waals surface area contributed by atoms with Crippen LogP contribution in [-0.2, 0) is 0 Å². The molecule has 0 aliphatic heterocycles. The Morgan fingerprint density at radius 3 is 2.74 bits per heavy atom. The lowest BCUT2D eigenvalue weighted by molar-refractivity contribution is 0.102. The van der Waals surface area contributed by atoms with E-state index in [1.54, 1.807) is 61.7 Å². The number of nitrogens with zero attached hydrogens (tertiary/aromatic N) is 2. The predicted molar refractivity (Wildman–Crippen MR) is 105 cm³/mol. The molecule has 0 bridgehead atoms. The maximum absolute atomic E-state index is 12.3. The van der Waals surface area contributed by atoms with Gasteiger partial charge in [0, 0.05) is 16.9 Å². The first kappa shape index (κ1) is 18.2. The van der Waals surface area contributed by atoms with E-state index in [0.29, 0.717) is 39.1 Å². The third-order valence-electron chi connectivity index (χ3n) is 3.70. The maximum atomic E-state index is 12.3. The van der Waals surface area contributed by atoms with Crippen molar-refractivity contribution in [1.29, 1.82) is 5.26 Å². The Kier molecular flexibility index (Phi) is 5.55. The van der Waals surface area contributed by atoms with Crippen molar-refractivity contribution in [3.05, 3.63) is 76.9 Å². The van der Waals surface area contributed by atoms with Crippen molar-refractivity contribution in [2.24, 2.45) is 0 Å². The summed E-state index contributed by atoms with van der Waals surface area (Å²) in [5.74, 6) is 0.850. The highest BCUT2D eigenvalue weighted by molar-refractivity contribution is 6.31. The number of hydrogen-bond acceptors (Lipinski definition) is 5. The van der Waals surface area contributed by atoms with E-state index in [9.17, 15) is 4.79 Å². The van der Waals surface area contributed by atoms with Gasteiger partial charge in [-0.1, -0.05) is 17.7 Å². The fourth-order valence-electron chi connectivity index (χ4n) is 2.39. The third-order valence-corrected chi connectivity index (χ3v) is 3.93. The molecule has 0 atom stereocenters. The first-order valence-corrected chi connectivity index (χ1v) is 8.35. The summed E-state index contributed by atoms with van der Waals surface area (Å²) in [4.78, 5) is 16.6. The molecule has 2 aromatic carbocycles. The van der Waals surface area contributed by atoms with Crippen LogP contribution in [0.15, 0.2) is 60.8 Å². The first-order chi connectivity index (χ1) is 13.1. The van der Waals surface area contributed by atoms with Crippen molar-refractivity contribution in [2.75, 3.05) is 17.7 Å². The number of carbonyl (C=O) groups excluding carboxylic acids is 1.